The Morgan fingerprint density at radius 1 is 1.47 bits per heavy atom. The molecule has 0 radical (unpaired) electrons. The molecule has 0 bridgehead atoms. The summed E-state index contributed by atoms with van der Waals surface area (Å²) < 4.78 is 6.39. The number of hydrogen-bond acceptors (Lipinski definition) is 4. The van der Waals surface area contributed by atoms with Crippen molar-refractivity contribution in [1.29, 1.82) is 0 Å². The number of amides is 1. The number of methoxy groups -OCH3 is 1. The zero-order chi connectivity index (χ0) is 13.8. The van der Waals surface area contributed by atoms with E-state index in [4.69, 9.17) is 0 Å². The number of aryl methyl sites for hydroxylation is 1. The number of esters is 1. The van der Waals surface area contributed by atoms with E-state index in [-0.39, 0.29) is 18.5 Å². The first kappa shape index (κ1) is 13.6. The lowest BCUT2D eigenvalue weighted by Crippen LogP contribution is -2.42. The van der Waals surface area contributed by atoms with Gasteiger partial charge in [0, 0.05) is 19.3 Å². The molecule has 0 aromatic carbocycles. The molecule has 0 atom stereocenters. The van der Waals surface area contributed by atoms with Gasteiger partial charge < -0.3 is 14.2 Å². The van der Waals surface area contributed by atoms with Crippen LogP contribution in [-0.2, 0) is 16.6 Å². The van der Waals surface area contributed by atoms with Gasteiger partial charge in [-0.05, 0) is 12.8 Å². The van der Waals surface area contributed by atoms with Gasteiger partial charge in [-0.15, -0.1) is 0 Å². The van der Waals surface area contributed by atoms with Gasteiger partial charge in [0.05, 0.1) is 13.4 Å². The van der Waals surface area contributed by atoms with Crippen LogP contribution in [0.5, 0.6) is 0 Å². The van der Waals surface area contributed by atoms with Crippen LogP contribution < -0.4 is 0 Å². The maximum atomic E-state index is 12.4. The van der Waals surface area contributed by atoms with E-state index in [0.717, 1.165) is 25.7 Å². The molecular weight excluding hydrogens is 246 g/mol. The monoisotopic (exact) mass is 265 g/mol. The fourth-order valence-corrected chi connectivity index (χ4v) is 2.46. The highest BCUT2D eigenvalue weighted by atomic mass is 16.5. The second kappa shape index (κ2) is 5.86. The van der Waals surface area contributed by atoms with Crippen molar-refractivity contribution in [3.63, 3.8) is 0 Å². The molecule has 6 heteroatoms. The van der Waals surface area contributed by atoms with Crippen molar-refractivity contribution in [1.82, 2.24) is 14.5 Å². The fourth-order valence-electron chi connectivity index (χ4n) is 2.46. The van der Waals surface area contributed by atoms with Crippen LogP contribution in [0.15, 0.2) is 12.5 Å². The van der Waals surface area contributed by atoms with Gasteiger partial charge in [0.15, 0.2) is 0 Å². The Morgan fingerprint density at radius 3 is 2.68 bits per heavy atom. The molecule has 1 aliphatic rings. The fraction of sp³-hybridized carbons (Fsp3) is 0.615. The maximum Gasteiger partial charge on any atom is 0.325 e. The van der Waals surface area contributed by atoms with Crippen LogP contribution in [0.1, 0.15) is 36.2 Å². The van der Waals surface area contributed by atoms with Crippen molar-refractivity contribution in [3.8, 4) is 0 Å². The lowest BCUT2D eigenvalue weighted by Gasteiger charge is -2.27. The average molecular weight is 265 g/mol. The predicted molar refractivity (Wildman–Crippen MR) is 68.5 cm³/mol. The average Bonchev–Trinajstić information content (AvgIpc) is 3.05. The molecule has 2 rings (SSSR count). The molecule has 19 heavy (non-hydrogen) atoms. The van der Waals surface area contributed by atoms with E-state index in [0.29, 0.717) is 5.69 Å². The number of hydrogen-bond donors (Lipinski definition) is 0. The van der Waals surface area contributed by atoms with Gasteiger partial charge in [0.1, 0.15) is 12.2 Å². The van der Waals surface area contributed by atoms with Crippen LogP contribution >= 0.6 is 0 Å². The van der Waals surface area contributed by atoms with Crippen molar-refractivity contribution in [2.75, 3.05) is 13.7 Å². The maximum absolute atomic E-state index is 12.4. The first-order valence-electron chi connectivity index (χ1n) is 6.47. The predicted octanol–water partition coefficient (Wildman–Crippen LogP) is 0.978. The molecule has 0 unspecified atom stereocenters. The third kappa shape index (κ3) is 3.13. The first-order valence-corrected chi connectivity index (χ1v) is 6.47. The molecule has 1 aromatic rings. The lowest BCUT2D eigenvalue weighted by atomic mass is 10.2. The Kier molecular flexibility index (Phi) is 4.19. The van der Waals surface area contributed by atoms with Gasteiger partial charge >= 0.3 is 5.97 Å². The molecule has 1 saturated carbocycles. The van der Waals surface area contributed by atoms with E-state index >= 15 is 0 Å². The van der Waals surface area contributed by atoms with Crippen LogP contribution in [0, 0.1) is 0 Å². The van der Waals surface area contributed by atoms with Gasteiger partial charge in [-0.2, -0.15) is 0 Å². The Morgan fingerprint density at radius 2 is 2.16 bits per heavy atom. The number of carbonyl (C=O) groups excluding carboxylic acids is 2. The summed E-state index contributed by atoms with van der Waals surface area (Å²) in [4.78, 5) is 29.6. The highest BCUT2D eigenvalue weighted by Gasteiger charge is 2.30. The molecule has 0 spiro atoms. The van der Waals surface area contributed by atoms with Gasteiger partial charge in [0.25, 0.3) is 5.91 Å². The Labute approximate surface area is 112 Å². The Bertz CT molecular complexity index is 463. The summed E-state index contributed by atoms with van der Waals surface area (Å²) in [6.07, 6.45) is 7.32. The Hall–Kier alpha value is -1.85. The van der Waals surface area contributed by atoms with Crippen LogP contribution in [-0.4, -0.2) is 46.0 Å². The topological polar surface area (TPSA) is 64.4 Å². The molecule has 1 fully saturated rings. The molecular formula is C13H19N3O3. The molecule has 6 nitrogen and oxygen atoms in total. The molecule has 0 saturated heterocycles. The summed E-state index contributed by atoms with van der Waals surface area (Å²) in [5.74, 6) is -0.589. The van der Waals surface area contributed by atoms with Crippen molar-refractivity contribution >= 4 is 11.9 Å². The van der Waals surface area contributed by atoms with Crippen molar-refractivity contribution in [2.45, 2.75) is 31.7 Å². The van der Waals surface area contributed by atoms with Gasteiger partial charge in [-0.3, -0.25) is 9.59 Å². The van der Waals surface area contributed by atoms with Crippen LogP contribution in [0.4, 0.5) is 0 Å². The summed E-state index contributed by atoms with van der Waals surface area (Å²) in [7, 11) is 3.14. The quantitative estimate of drug-likeness (QED) is 0.761. The molecule has 0 N–H and O–H groups in total. The normalized spacial score (nSPS) is 15.5. The van der Waals surface area contributed by atoms with Crippen LogP contribution in [0.3, 0.4) is 0 Å². The summed E-state index contributed by atoms with van der Waals surface area (Å²) >= 11 is 0. The summed E-state index contributed by atoms with van der Waals surface area (Å²) in [5.41, 5.74) is 0.373. The van der Waals surface area contributed by atoms with Crippen molar-refractivity contribution < 1.29 is 14.3 Å². The smallest absolute Gasteiger partial charge is 0.325 e. The largest absolute Gasteiger partial charge is 0.468 e. The van der Waals surface area contributed by atoms with E-state index in [1.807, 2.05) is 7.05 Å². The molecule has 1 amide bonds. The molecule has 0 aliphatic heterocycles. The molecule has 104 valence electrons. The van der Waals surface area contributed by atoms with Crippen molar-refractivity contribution in [2.24, 2.45) is 7.05 Å². The molecule has 1 aromatic heterocycles. The minimum absolute atomic E-state index is 0.00340. The minimum Gasteiger partial charge on any atom is -0.468 e. The number of carbonyl (C=O) groups is 2. The Balaban J connectivity index is 2.15. The third-order valence-corrected chi connectivity index (χ3v) is 3.48. The lowest BCUT2D eigenvalue weighted by molar-refractivity contribution is -0.141. The summed E-state index contributed by atoms with van der Waals surface area (Å²) in [6, 6.07) is 0.119. The van der Waals surface area contributed by atoms with E-state index in [9.17, 15) is 9.59 Å². The zero-order valence-electron chi connectivity index (χ0n) is 11.3. The van der Waals surface area contributed by atoms with E-state index in [2.05, 4.69) is 9.72 Å². The summed E-state index contributed by atoms with van der Waals surface area (Å²) in [5, 5.41) is 0. The van der Waals surface area contributed by atoms with Gasteiger partial charge in [0.2, 0.25) is 0 Å². The minimum atomic E-state index is -0.392. The number of imidazole rings is 1. The summed E-state index contributed by atoms with van der Waals surface area (Å²) in [6.45, 7) is -0.00340. The van der Waals surface area contributed by atoms with Crippen LogP contribution in [0.2, 0.25) is 0 Å². The third-order valence-electron chi connectivity index (χ3n) is 3.48. The van der Waals surface area contributed by atoms with E-state index < -0.39 is 5.97 Å². The second-order valence-electron chi connectivity index (χ2n) is 4.87. The standard InChI is InChI=1S/C13H19N3O3/c1-15-7-11(14-9-15)13(18)16(8-12(17)19-2)10-5-3-4-6-10/h7,9-10H,3-6,8H2,1-2H3. The first-order chi connectivity index (χ1) is 9.11. The number of rotatable bonds is 4. The second-order valence-corrected chi connectivity index (χ2v) is 4.87. The van der Waals surface area contributed by atoms with Gasteiger partial charge in [-0.1, -0.05) is 12.8 Å². The zero-order valence-corrected chi connectivity index (χ0v) is 11.3. The van der Waals surface area contributed by atoms with Gasteiger partial charge in [-0.25, -0.2) is 4.98 Å². The van der Waals surface area contributed by atoms with Crippen molar-refractivity contribution in [3.05, 3.63) is 18.2 Å². The molecule has 1 heterocycles. The molecule has 1 aliphatic carbocycles. The highest BCUT2D eigenvalue weighted by Crippen LogP contribution is 2.24. The number of aromatic nitrogens is 2. The number of nitrogens with zero attached hydrogens (tertiary/aromatic N) is 3. The SMILES string of the molecule is COC(=O)CN(C(=O)c1cn(C)cn1)C1CCCC1. The number of ether oxygens (including phenoxy) is 1. The van der Waals surface area contributed by atoms with Crippen LogP contribution in [0.25, 0.3) is 0 Å². The highest BCUT2D eigenvalue weighted by molar-refractivity contribution is 5.94. The van der Waals surface area contributed by atoms with E-state index in [1.165, 1.54) is 7.11 Å². The van der Waals surface area contributed by atoms with E-state index in [1.54, 1.807) is 22.0 Å².